The minimum absolute atomic E-state index is 0.0557. The molecule has 1 aromatic heterocycles. The predicted octanol–water partition coefficient (Wildman–Crippen LogP) is 4.08. The van der Waals surface area contributed by atoms with Crippen LogP contribution in [-0.4, -0.2) is 4.98 Å². The molecule has 0 bridgehead atoms. The Bertz CT molecular complexity index is 599. The minimum atomic E-state index is -4.42. The molecule has 0 fully saturated rings. The fourth-order valence-electron chi connectivity index (χ4n) is 1.44. The summed E-state index contributed by atoms with van der Waals surface area (Å²) in [5, 5.41) is 2.73. The van der Waals surface area contributed by atoms with Gasteiger partial charge in [-0.2, -0.15) is 13.2 Å². The van der Waals surface area contributed by atoms with Gasteiger partial charge in [-0.05, 0) is 30.3 Å². The molecule has 2 aromatic rings. The highest BCUT2D eigenvalue weighted by Gasteiger charge is 2.30. The van der Waals surface area contributed by atoms with Crippen molar-refractivity contribution in [3.8, 4) is 0 Å². The Kier molecular flexibility index (Phi) is 3.53. The van der Waals surface area contributed by atoms with Crippen molar-refractivity contribution in [1.82, 2.24) is 4.98 Å². The van der Waals surface area contributed by atoms with Crippen LogP contribution >= 0.6 is 11.6 Å². The second kappa shape index (κ2) is 4.97. The molecule has 0 saturated carbocycles. The Morgan fingerprint density at radius 3 is 2.53 bits per heavy atom. The van der Waals surface area contributed by atoms with Crippen LogP contribution < -0.4 is 11.1 Å². The number of pyridine rings is 1. The van der Waals surface area contributed by atoms with E-state index in [1.165, 1.54) is 12.3 Å². The molecule has 2 rings (SSSR count). The molecule has 0 aliphatic carbocycles. The molecule has 3 N–H and O–H groups in total. The second-order valence-electron chi connectivity index (χ2n) is 3.76. The zero-order valence-electron chi connectivity index (χ0n) is 9.50. The van der Waals surface area contributed by atoms with Gasteiger partial charge in [-0.15, -0.1) is 0 Å². The predicted molar refractivity (Wildman–Crippen MR) is 68.4 cm³/mol. The van der Waals surface area contributed by atoms with Gasteiger partial charge in [0.25, 0.3) is 0 Å². The number of nitrogens with zero attached hydrogens (tertiary/aromatic N) is 1. The summed E-state index contributed by atoms with van der Waals surface area (Å²) < 4.78 is 37.4. The lowest BCUT2D eigenvalue weighted by Gasteiger charge is -2.12. The number of hydrogen-bond donors (Lipinski definition) is 2. The molecule has 1 aromatic carbocycles. The summed E-state index contributed by atoms with van der Waals surface area (Å²) in [6, 6.07) is 6.29. The van der Waals surface area contributed by atoms with Crippen molar-refractivity contribution in [3.63, 3.8) is 0 Å². The van der Waals surface area contributed by atoms with Crippen LogP contribution in [0.25, 0.3) is 0 Å². The zero-order chi connectivity index (χ0) is 14.0. The highest BCUT2D eigenvalue weighted by Crippen LogP contribution is 2.34. The van der Waals surface area contributed by atoms with Gasteiger partial charge < -0.3 is 11.1 Å². The molecular weight excluding hydrogens is 279 g/mol. The van der Waals surface area contributed by atoms with Gasteiger partial charge in [-0.3, -0.25) is 0 Å². The molecule has 0 aliphatic rings. The number of nitrogens with one attached hydrogen (secondary N) is 1. The highest BCUT2D eigenvalue weighted by atomic mass is 35.5. The fourth-order valence-corrected chi connectivity index (χ4v) is 1.67. The average molecular weight is 288 g/mol. The van der Waals surface area contributed by atoms with Crippen LogP contribution in [-0.2, 0) is 6.18 Å². The van der Waals surface area contributed by atoms with Crippen molar-refractivity contribution >= 4 is 28.8 Å². The molecule has 0 radical (unpaired) electrons. The Balaban J connectivity index is 2.30. The van der Waals surface area contributed by atoms with E-state index in [0.29, 0.717) is 17.2 Å². The van der Waals surface area contributed by atoms with Gasteiger partial charge in [-0.25, -0.2) is 4.98 Å². The molecule has 0 aliphatic heterocycles. The van der Waals surface area contributed by atoms with Gasteiger partial charge in [0.1, 0.15) is 0 Å². The third kappa shape index (κ3) is 3.08. The van der Waals surface area contributed by atoms with Crippen molar-refractivity contribution in [2.24, 2.45) is 0 Å². The van der Waals surface area contributed by atoms with E-state index in [2.05, 4.69) is 10.3 Å². The summed E-state index contributed by atoms with van der Waals surface area (Å²) >= 11 is 5.81. The monoisotopic (exact) mass is 287 g/mol. The first-order valence-electron chi connectivity index (χ1n) is 5.22. The van der Waals surface area contributed by atoms with E-state index in [-0.39, 0.29) is 5.02 Å². The first kappa shape index (κ1) is 13.5. The van der Waals surface area contributed by atoms with Crippen molar-refractivity contribution in [1.29, 1.82) is 0 Å². The lowest BCUT2D eigenvalue weighted by Crippen LogP contribution is -2.05. The molecule has 1 heterocycles. The Hall–Kier alpha value is -1.95. The lowest BCUT2D eigenvalue weighted by molar-refractivity contribution is -0.137. The van der Waals surface area contributed by atoms with E-state index in [1.54, 1.807) is 12.1 Å². The van der Waals surface area contributed by atoms with Gasteiger partial charge in [0.2, 0.25) is 0 Å². The molecule has 19 heavy (non-hydrogen) atoms. The summed E-state index contributed by atoms with van der Waals surface area (Å²) in [4.78, 5) is 3.97. The minimum Gasteiger partial charge on any atom is -0.396 e. The summed E-state index contributed by atoms with van der Waals surface area (Å²) in [6.45, 7) is 0. The van der Waals surface area contributed by atoms with Crippen molar-refractivity contribution in [3.05, 3.63) is 47.1 Å². The first-order valence-corrected chi connectivity index (χ1v) is 5.60. The van der Waals surface area contributed by atoms with Crippen LogP contribution in [0, 0.1) is 0 Å². The molecule has 0 saturated heterocycles. The smallest absolute Gasteiger partial charge is 0.396 e. The van der Waals surface area contributed by atoms with Gasteiger partial charge in [0, 0.05) is 6.20 Å². The summed E-state index contributed by atoms with van der Waals surface area (Å²) in [6.07, 6.45) is -2.91. The average Bonchev–Trinajstić information content (AvgIpc) is 2.33. The van der Waals surface area contributed by atoms with E-state index in [0.717, 1.165) is 12.1 Å². The third-order valence-electron chi connectivity index (χ3n) is 2.39. The number of benzene rings is 1. The lowest BCUT2D eigenvalue weighted by atomic mass is 10.2. The largest absolute Gasteiger partial charge is 0.416 e. The van der Waals surface area contributed by atoms with E-state index in [4.69, 9.17) is 17.3 Å². The van der Waals surface area contributed by atoms with E-state index < -0.39 is 11.7 Å². The number of rotatable bonds is 2. The molecule has 100 valence electrons. The maximum absolute atomic E-state index is 12.5. The van der Waals surface area contributed by atoms with Crippen molar-refractivity contribution in [2.75, 3.05) is 11.1 Å². The first-order chi connectivity index (χ1) is 8.88. The molecule has 0 amide bonds. The third-order valence-corrected chi connectivity index (χ3v) is 2.70. The topological polar surface area (TPSA) is 50.9 Å². The number of aromatic nitrogens is 1. The van der Waals surface area contributed by atoms with Crippen molar-refractivity contribution < 1.29 is 13.2 Å². The number of anilines is 3. The standard InChI is InChI=1S/C12H9ClF3N3/c13-8-6-7(12(14,15)16)3-4-10(8)19-11-9(17)2-1-5-18-11/h1-6H,17H2,(H,18,19). The second-order valence-corrected chi connectivity index (χ2v) is 4.17. The number of alkyl halides is 3. The molecule has 7 heteroatoms. The summed E-state index contributed by atoms with van der Waals surface area (Å²) in [7, 11) is 0. The van der Waals surface area contributed by atoms with Crippen LogP contribution in [0.3, 0.4) is 0 Å². The fraction of sp³-hybridized carbons (Fsp3) is 0.0833. The molecule has 3 nitrogen and oxygen atoms in total. The molecule has 0 unspecified atom stereocenters. The number of nitrogen functional groups attached to an aromatic ring is 1. The molecular formula is C12H9ClF3N3. The van der Waals surface area contributed by atoms with Crippen molar-refractivity contribution in [2.45, 2.75) is 6.18 Å². The van der Waals surface area contributed by atoms with Crippen LogP contribution in [0.1, 0.15) is 5.56 Å². The maximum Gasteiger partial charge on any atom is 0.416 e. The van der Waals surface area contributed by atoms with Crippen LogP contribution in [0.2, 0.25) is 5.02 Å². The Morgan fingerprint density at radius 1 is 1.21 bits per heavy atom. The normalized spacial score (nSPS) is 11.4. The van der Waals surface area contributed by atoms with E-state index in [1.807, 2.05) is 0 Å². The van der Waals surface area contributed by atoms with Crippen LogP contribution in [0.4, 0.5) is 30.4 Å². The highest BCUT2D eigenvalue weighted by molar-refractivity contribution is 6.33. The molecule has 0 spiro atoms. The number of hydrogen-bond acceptors (Lipinski definition) is 3. The Morgan fingerprint density at radius 2 is 1.95 bits per heavy atom. The van der Waals surface area contributed by atoms with Gasteiger partial charge in [0.05, 0.1) is 22.0 Å². The molecule has 0 atom stereocenters. The SMILES string of the molecule is Nc1cccnc1Nc1ccc(C(F)(F)F)cc1Cl. The van der Waals surface area contributed by atoms with Gasteiger partial charge in [0.15, 0.2) is 5.82 Å². The van der Waals surface area contributed by atoms with Crippen LogP contribution in [0.5, 0.6) is 0 Å². The number of nitrogens with two attached hydrogens (primary N) is 1. The van der Waals surface area contributed by atoms with Crippen LogP contribution in [0.15, 0.2) is 36.5 Å². The Labute approximate surface area is 112 Å². The maximum atomic E-state index is 12.5. The number of halogens is 4. The van der Waals surface area contributed by atoms with E-state index in [9.17, 15) is 13.2 Å². The van der Waals surface area contributed by atoms with Gasteiger partial charge in [-0.1, -0.05) is 11.6 Å². The van der Waals surface area contributed by atoms with E-state index >= 15 is 0 Å². The summed E-state index contributed by atoms with van der Waals surface area (Å²) in [5.74, 6) is 0.337. The quantitative estimate of drug-likeness (QED) is 0.875. The zero-order valence-corrected chi connectivity index (χ0v) is 10.3. The summed E-state index contributed by atoms with van der Waals surface area (Å²) in [5.41, 5.74) is 5.54. The van der Waals surface area contributed by atoms with Gasteiger partial charge >= 0.3 is 6.18 Å².